The maximum atomic E-state index is 12.9. The summed E-state index contributed by atoms with van der Waals surface area (Å²) < 4.78 is 3.02. The summed E-state index contributed by atoms with van der Waals surface area (Å²) in [5.41, 5.74) is 3.60. The molecule has 0 saturated carbocycles. The number of hydrogen-bond donors (Lipinski definition) is 1. The molecule has 0 aliphatic rings. The van der Waals surface area contributed by atoms with Crippen molar-refractivity contribution >= 4 is 38.9 Å². The third-order valence-corrected chi connectivity index (χ3v) is 5.90. The van der Waals surface area contributed by atoms with Crippen LogP contribution in [0.3, 0.4) is 0 Å². The van der Waals surface area contributed by atoms with Crippen LogP contribution >= 0.6 is 22.9 Å². The fourth-order valence-corrected chi connectivity index (χ4v) is 4.41. The Morgan fingerprint density at radius 3 is 2.82 bits per heavy atom. The number of rotatable bonds is 6. The van der Waals surface area contributed by atoms with Gasteiger partial charge in [-0.05, 0) is 53.1 Å². The number of amides is 1. The molecule has 0 aliphatic heterocycles. The first-order valence-corrected chi connectivity index (χ1v) is 10.5. The van der Waals surface area contributed by atoms with Crippen molar-refractivity contribution in [2.45, 2.75) is 26.3 Å². The van der Waals surface area contributed by atoms with Crippen LogP contribution in [0.25, 0.3) is 15.8 Å². The standard InChI is InChI=1S/C22H20ClN3OS/c1-2-6-20-19(13-25-26(20)17-7-4-3-5-8-17)22(27)24-12-15-14-28-21-10-9-16(23)11-18(15)21/h3-5,7-11,13-14H,2,6,12H2,1H3,(H,24,27). The highest BCUT2D eigenvalue weighted by Gasteiger charge is 2.18. The van der Waals surface area contributed by atoms with Crippen LogP contribution in [-0.2, 0) is 13.0 Å². The van der Waals surface area contributed by atoms with Gasteiger partial charge in [0.1, 0.15) is 0 Å². The Kier molecular flexibility index (Phi) is 5.46. The van der Waals surface area contributed by atoms with Crippen LogP contribution in [0.15, 0.2) is 60.1 Å². The Morgan fingerprint density at radius 1 is 1.21 bits per heavy atom. The van der Waals surface area contributed by atoms with E-state index in [-0.39, 0.29) is 5.91 Å². The second kappa shape index (κ2) is 8.17. The number of carbonyl (C=O) groups is 1. The SMILES string of the molecule is CCCc1c(C(=O)NCc2csc3ccc(Cl)cc23)cnn1-c1ccccc1. The molecule has 2 aromatic carbocycles. The molecule has 4 nitrogen and oxygen atoms in total. The number of nitrogens with zero attached hydrogens (tertiary/aromatic N) is 2. The number of thiophene rings is 1. The molecule has 142 valence electrons. The minimum atomic E-state index is -0.105. The normalized spacial score (nSPS) is 11.1. The van der Waals surface area contributed by atoms with Crippen LogP contribution in [0.4, 0.5) is 0 Å². The maximum absolute atomic E-state index is 12.9. The Hall–Kier alpha value is -2.63. The van der Waals surface area contributed by atoms with Gasteiger partial charge in [0, 0.05) is 16.3 Å². The maximum Gasteiger partial charge on any atom is 0.255 e. The highest BCUT2D eigenvalue weighted by molar-refractivity contribution is 7.17. The van der Waals surface area contributed by atoms with Crippen LogP contribution in [-0.4, -0.2) is 15.7 Å². The van der Waals surface area contributed by atoms with Gasteiger partial charge in [-0.1, -0.05) is 43.1 Å². The first kappa shape index (κ1) is 18.7. The molecule has 0 radical (unpaired) electrons. The molecule has 6 heteroatoms. The molecule has 0 bridgehead atoms. The van der Waals surface area contributed by atoms with Crippen LogP contribution in [0.5, 0.6) is 0 Å². The van der Waals surface area contributed by atoms with Gasteiger partial charge >= 0.3 is 0 Å². The van der Waals surface area contributed by atoms with Crippen molar-refractivity contribution in [1.29, 1.82) is 0 Å². The topological polar surface area (TPSA) is 46.9 Å². The van der Waals surface area contributed by atoms with Crippen molar-refractivity contribution in [2.75, 3.05) is 0 Å². The summed E-state index contributed by atoms with van der Waals surface area (Å²) in [4.78, 5) is 12.9. The first-order chi connectivity index (χ1) is 13.7. The average molecular weight is 410 g/mol. The molecule has 0 fully saturated rings. The predicted molar refractivity (Wildman–Crippen MR) is 116 cm³/mol. The zero-order valence-electron chi connectivity index (χ0n) is 15.5. The quantitative estimate of drug-likeness (QED) is 0.449. The third-order valence-electron chi connectivity index (χ3n) is 4.66. The van der Waals surface area contributed by atoms with E-state index in [0.717, 1.165) is 39.9 Å². The van der Waals surface area contributed by atoms with E-state index in [9.17, 15) is 4.79 Å². The summed E-state index contributed by atoms with van der Waals surface area (Å²) in [7, 11) is 0. The molecule has 1 amide bonds. The molecule has 0 aliphatic carbocycles. The van der Waals surface area contributed by atoms with E-state index >= 15 is 0 Å². The monoisotopic (exact) mass is 409 g/mol. The zero-order chi connectivity index (χ0) is 19.5. The van der Waals surface area contributed by atoms with E-state index in [2.05, 4.69) is 22.7 Å². The van der Waals surface area contributed by atoms with E-state index in [4.69, 9.17) is 11.6 Å². The fraction of sp³-hybridized carbons (Fsp3) is 0.182. The second-order valence-electron chi connectivity index (χ2n) is 6.59. The number of carbonyl (C=O) groups excluding carboxylic acids is 1. The summed E-state index contributed by atoms with van der Waals surface area (Å²) in [6.45, 7) is 2.56. The molecule has 0 saturated heterocycles. The number of para-hydroxylation sites is 1. The minimum absolute atomic E-state index is 0.105. The fourth-order valence-electron chi connectivity index (χ4n) is 3.29. The first-order valence-electron chi connectivity index (χ1n) is 9.23. The lowest BCUT2D eigenvalue weighted by molar-refractivity contribution is 0.0950. The van der Waals surface area contributed by atoms with Gasteiger partial charge in [-0.15, -0.1) is 11.3 Å². The van der Waals surface area contributed by atoms with Crippen LogP contribution in [0, 0.1) is 0 Å². The van der Waals surface area contributed by atoms with Gasteiger partial charge in [0.25, 0.3) is 5.91 Å². The summed E-state index contributed by atoms with van der Waals surface area (Å²) in [6.07, 6.45) is 3.39. The van der Waals surface area contributed by atoms with Gasteiger partial charge in [-0.3, -0.25) is 4.79 Å². The molecule has 4 rings (SSSR count). The second-order valence-corrected chi connectivity index (χ2v) is 7.93. The van der Waals surface area contributed by atoms with Crippen molar-refractivity contribution in [1.82, 2.24) is 15.1 Å². The number of fused-ring (bicyclic) bond motifs is 1. The van der Waals surface area contributed by atoms with Crippen molar-refractivity contribution in [3.05, 3.63) is 82.0 Å². The minimum Gasteiger partial charge on any atom is -0.348 e. The van der Waals surface area contributed by atoms with Crippen LogP contribution < -0.4 is 5.32 Å². The molecule has 0 spiro atoms. The molecule has 4 aromatic rings. The van der Waals surface area contributed by atoms with Gasteiger partial charge in [0.05, 0.1) is 23.1 Å². The summed E-state index contributed by atoms with van der Waals surface area (Å²) in [5, 5.41) is 11.4. The highest BCUT2D eigenvalue weighted by Crippen LogP contribution is 2.28. The van der Waals surface area contributed by atoms with Crippen molar-refractivity contribution in [2.24, 2.45) is 0 Å². The summed E-state index contributed by atoms with van der Waals surface area (Å²) in [6, 6.07) is 15.7. The number of benzene rings is 2. The lowest BCUT2D eigenvalue weighted by Crippen LogP contribution is -2.23. The smallest absolute Gasteiger partial charge is 0.255 e. The summed E-state index contributed by atoms with van der Waals surface area (Å²) in [5.74, 6) is -0.105. The Labute approximate surface area is 172 Å². The van der Waals surface area contributed by atoms with E-state index in [1.807, 2.05) is 53.2 Å². The van der Waals surface area contributed by atoms with Gasteiger partial charge in [-0.25, -0.2) is 4.68 Å². The Balaban J connectivity index is 1.58. The molecule has 2 aromatic heterocycles. The number of aromatic nitrogens is 2. The van der Waals surface area contributed by atoms with Crippen molar-refractivity contribution in [3.63, 3.8) is 0 Å². The average Bonchev–Trinajstić information content (AvgIpc) is 3.31. The number of nitrogens with one attached hydrogen (secondary N) is 1. The van der Waals surface area contributed by atoms with Gasteiger partial charge in [0.2, 0.25) is 0 Å². The zero-order valence-corrected chi connectivity index (χ0v) is 17.1. The van der Waals surface area contributed by atoms with Crippen LogP contribution in [0.2, 0.25) is 5.02 Å². The Bertz CT molecular complexity index is 1120. The molecule has 2 heterocycles. The van der Waals surface area contributed by atoms with E-state index in [1.165, 1.54) is 0 Å². The van der Waals surface area contributed by atoms with E-state index in [0.29, 0.717) is 17.1 Å². The highest BCUT2D eigenvalue weighted by atomic mass is 35.5. The molecule has 0 unspecified atom stereocenters. The largest absolute Gasteiger partial charge is 0.348 e. The van der Waals surface area contributed by atoms with Gasteiger partial charge in [0.15, 0.2) is 0 Å². The van der Waals surface area contributed by atoms with E-state index in [1.54, 1.807) is 17.5 Å². The number of halogens is 1. The van der Waals surface area contributed by atoms with E-state index < -0.39 is 0 Å². The van der Waals surface area contributed by atoms with Crippen molar-refractivity contribution in [3.8, 4) is 5.69 Å². The predicted octanol–water partition coefficient (Wildman–Crippen LogP) is 5.62. The molecular formula is C22H20ClN3OS. The molecular weight excluding hydrogens is 390 g/mol. The molecule has 1 N–H and O–H groups in total. The van der Waals surface area contributed by atoms with Crippen molar-refractivity contribution < 1.29 is 4.79 Å². The summed E-state index contributed by atoms with van der Waals surface area (Å²) >= 11 is 7.79. The third kappa shape index (κ3) is 3.68. The molecule has 0 atom stereocenters. The lowest BCUT2D eigenvalue weighted by Gasteiger charge is -2.09. The molecule has 28 heavy (non-hydrogen) atoms. The van der Waals surface area contributed by atoms with Crippen LogP contribution in [0.1, 0.15) is 35.0 Å². The van der Waals surface area contributed by atoms with Gasteiger partial charge in [-0.2, -0.15) is 5.10 Å². The lowest BCUT2D eigenvalue weighted by atomic mass is 10.1. The van der Waals surface area contributed by atoms with Gasteiger partial charge < -0.3 is 5.32 Å². The Morgan fingerprint density at radius 2 is 2.04 bits per heavy atom. The number of hydrogen-bond acceptors (Lipinski definition) is 3.